The fourth-order valence-corrected chi connectivity index (χ4v) is 12.0. The number of pyridine rings is 1. The summed E-state index contributed by atoms with van der Waals surface area (Å²) in [6, 6.07) is 9.40. The number of nitrogens with one attached hydrogen (secondary N) is 2. The molecule has 3 aromatic heterocycles. The van der Waals surface area contributed by atoms with Crippen LogP contribution < -0.4 is 10.6 Å². The van der Waals surface area contributed by atoms with Crippen LogP contribution in [0.15, 0.2) is 76.8 Å². The number of ketones is 2. The number of hydrogen-bond donors (Lipinski definition) is 2. The first-order chi connectivity index (χ1) is 24.6. The van der Waals surface area contributed by atoms with Gasteiger partial charge in [-0.3, -0.25) is 14.6 Å². The van der Waals surface area contributed by atoms with Gasteiger partial charge in [-0.25, -0.2) is 9.97 Å². The first-order valence-electron chi connectivity index (χ1n) is 17.7. The number of carbonyl (C=O) groups excluding carboxylic acids is 2. The lowest BCUT2D eigenvalue weighted by atomic mass is 9.61. The van der Waals surface area contributed by atoms with Crippen molar-refractivity contribution in [3.8, 4) is 0 Å². The molecule has 2 aliphatic carbocycles. The average molecular weight is 744 g/mol. The van der Waals surface area contributed by atoms with E-state index in [4.69, 9.17) is 4.98 Å². The second kappa shape index (κ2) is 11.9. The Balaban J connectivity index is 1.22. The number of thiazole rings is 2. The first-order valence-corrected chi connectivity index (χ1v) is 19.4. The molecule has 7 nitrogen and oxygen atoms in total. The lowest BCUT2D eigenvalue weighted by molar-refractivity contribution is -0.137. The molecule has 3 unspecified atom stereocenters. The van der Waals surface area contributed by atoms with Gasteiger partial charge in [0.05, 0.1) is 36.7 Å². The predicted octanol–water partition coefficient (Wildman–Crippen LogP) is 9.77. The number of nitrogens with zero attached hydrogens (tertiary/aromatic N) is 3. The van der Waals surface area contributed by atoms with E-state index in [0.717, 1.165) is 49.2 Å². The maximum atomic E-state index is 14.5. The Morgan fingerprint density at radius 3 is 2.15 bits per heavy atom. The number of alkyl halides is 3. The van der Waals surface area contributed by atoms with Crippen LogP contribution in [0.5, 0.6) is 0 Å². The number of fused-ring (bicyclic) bond motifs is 2. The zero-order chi connectivity index (χ0) is 36.8. The van der Waals surface area contributed by atoms with E-state index in [1.54, 1.807) is 29.8 Å². The largest absolute Gasteiger partial charge is 0.416 e. The standard InChI is InChI=1S/C40H40F3N5O2S2/c1-6-38(22-11-13-44-14-12-22)31-26(46-34-32(38)51-21-45-34)17-37(5,19-28(31)50)20-29-48-35-33(52-29)39(7-2,23-9-8-10-24(15-23)40(41,42)43)30-25(47-35)16-36(3,4)18-27(30)49/h8-15,21,46-47H,6-7,16-20H2,1-5H3. The molecule has 0 fully saturated rings. The predicted molar refractivity (Wildman–Crippen MR) is 197 cm³/mol. The number of Topliss-reactive ketones (excluding diaryl/α,β-unsaturated/α-hetero) is 2. The second-order valence-electron chi connectivity index (χ2n) is 15.8. The highest BCUT2D eigenvalue weighted by Crippen LogP contribution is 2.58. The molecule has 0 spiro atoms. The molecule has 0 amide bonds. The van der Waals surface area contributed by atoms with E-state index < -0.39 is 28.0 Å². The van der Waals surface area contributed by atoms with E-state index in [2.05, 4.69) is 34.4 Å². The molecular formula is C40H40F3N5O2S2. The van der Waals surface area contributed by atoms with Gasteiger partial charge < -0.3 is 10.6 Å². The van der Waals surface area contributed by atoms with Crippen LogP contribution in [-0.4, -0.2) is 26.5 Å². The number of aromatic nitrogens is 3. The van der Waals surface area contributed by atoms with Crippen molar-refractivity contribution in [2.75, 3.05) is 10.6 Å². The summed E-state index contributed by atoms with van der Waals surface area (Å²) in [5, 5.41) is 7.81. The molecule has 270 valence electrons. The van der Waals surface area contributed by atoms with Gasteiger partial charge in [-0.15, -0.1) is 22.7 Å². The smallest absolute Gasteiger partial charge is 0.342 e. The Kier molecular flexibility index (Phi) is 8.01. The number of carbonyl (C=O) groups is 2. The molecule has 3 atom stereocenters. The monoisotopic (exact) mass is 743 g/mol. The summed E-state index contributed by atoms with van der Waals surface area (Å²) in [5.41, 5.74) is 2.89. The van der Waals surface area contributed by atoms with Gasteiger partial charge in [0.1, 0.15) is 11.6 Å². The highest BCUT2D eigenvalue weighted by Gasteiger charge is 2.54. The molecule has 5 heterocycles. The summed E-state index contributed by atoms with van der Waals surface area (Å²) < 4.78 is 42.3. The Morgan fingerprint density at radius 1 is 0.808 bits per heavy atom. The van der Waals surface area contributed by atoms with E-state index in [-0.39, 0.29) is 17.0 Å². The van der Waals surface area contributed by atoms with Crippen LogP contribution in [0.2, 0.25) is 0 Å². The molecule has 4 aromatic rings. The van der Waals surface area contributed by atoms with E-state index in [1.807, 2.05) is 38.4 Å². The summed E-state index contributed by atoms with van der Waals surface area (Å²) in [6.07, 6.45) is 2.31. The lowest BCUT2D eigenvalue weighted by Crippen LogP contribution is -2.44. The van der Waals surface area contributed by atoms with Gasteiger partial charge in [-0.1, -0.05) is 52.8 Å². The van der Waals surface area contributed by atoms with E-state index >= 15 is 0 Å². The molecule has 4 aliphatic rings. The van der Waals surface area contributed by atoms with Crippen molar-refractivity contribution in [3.63, 3.8) is 0 Å². The third-order valence-electron chi connectivity index (χ3n) is 11.5. The Labute approximate surface area is 308 Å². The molecule has 1 aromatic carbocycles. The molecule has 0 bridgehead atoms. The summed E-state index contributed by atoms with van der Waals surface area (Å²) in [5.74, 6) is 1.37. The third-order valence-corrected chi connectivity index (χ3v) is 13.8. The zero-order valence-electron chi connectivity index (χ0n) is 29.8. The molecule has 0 saturated carbocycles. The van der Waals surface area contributed by atoms with E-state index in [0.29, 0.717) is 61.9 Å². The van der Waals surface area contributed by atoms with Gasteiger partial charge >= 0.3 is 6.18 Å². The van der Waals surface area contributed by atoms with Crippen LogP contribution in [-0.2, 0) is 33.0 Å². The highest BCUT2D eigenvalue weighted by atomic mass is 32.1. The molecule has 0 radical (unpaired) electrons. The van der Waals surface area contributed by atoms with Crippen molar-refractivity contribution < 1.29 is 22.8 Å². The average Bonchev–Trinajstić information content (AvgIpc) is 3.72. The van der Waals surface area contributed by atoms with Crippen molar-refractivity contribution in [2.24, 2.45) is 10.8 Å². The summed E-state index contributed by atoms with van der Waals surface area (Å²) in [7, 11) is 0. The Hall–Kier alpha value is -4.16. The summed E-state index contributed by atoms with van der Waals surface area (Å²) >= 11 is 2.99. The van der Waals surface area contributed by atoms with Crippen LogP contribution in [0.1, 0.15) is 105 Å². The van der Waals surface area contributed by atoms with Gasteiger partial charge in [0.25, 0.3) is 0 Å². The second-order valence-corrected chi connectivity index (χ2v) is 17.7. The SMILES string of the molecule is CCC1(c2ccncc2)C2=C(CC(C)(Cc3nc4c(s3)C(CC)(c3cccc(C(F)(F)F)c3)C3=C(CC(C)(C)CC3=O)N4)CC2=O)Nc2ncsc21. The zero-order valence-corrected chi connectivity index (χ0v) is 31.4. The van der Waals surface area contributed by atoms with Crippen LogP contribution in [0.4, 0.5) is 24.8 Å². The number of rotatable bonds is 6. The minimum absolute atomic E-state index is 0.0543. The van der Waals surface area contributed by atoms with Crippen LogP contribution >= 0.6 is 22.7 Å². The van der Waals surface area contributed by atoms with Gasteiger partial charge in [0, 0.05) is 54.2 Å². The van der Waals surface area contributed by atoms with Crippen molar-refractivity contribution in [1.29, 1.82) is 0 Å². The first kappa shape index (κ1) is 34.9. The van der Waals surface area contributed by atoms with Crippen LogP contribution in [0, 0.1) is 10.8 Å². The summed E-state index contributed by atoms with van der Waals surface area (Å²) in [6.45, 7) is 10.2. The quantitative estimate of drug-likeness (QED) is 0.203. The van der Waals surface area contributed by atoms with Gasteiger partial charge in [-0.05, 0) is 65.8 Å². The minimum Gasteiger partial charge on any atom is -0.342 e. The molecule has 8 rings (SSSR count). The number of hydrogen-bond acceptors (Lipinski definition) is 9. The molecule has 12 heteroatoms. The molecule has 0 saturated heterocycles. The maximum Gasteiger partial charge on any atom is 0.416 e. The maximum absolute atomic E-state index is 14.5. The van der Waals surface area contributed by atoms with E-state index in [9.17, 15) is 22.8 Å². The molecule has 2 N–H and O–H groups in total. The Bertz CT molecular complexity index is 2200. The van der Waals surface area contributed by atoms with E-state index in [1.165, 1.54) is 23.5 Å². The normalized spacial score (nSPS) is 26.6. The fourth-order valence-electron chi connectivity index (χ4n) is 9.43. The molecule has 2 aliphatic heterocycles. The number of anilines is 2. The number of allylic oxidation sites excluding steroid dienone is 4. The molecule has 52 heavy (non-hydrogen) atoms. The van der Waals surface area contributed by atoms with Crippen LogP contribution in [0.3, 0.4) is 0 Å². The summed E-state index contributed by atoms with van der Waals surface area (Å²) in [4.78, 5) is 44.4. The van der Waals surface area contributed by atoms with Crippen molar-refractivity contribution in [2.45, 2.75) is 96.6 Å². The Morgan fingerprint density at radius 2 is 1.46 bits per heavy atom. The van der Waals surface area contributed by atoms with Crippen molar-refractivity contribution in [3.05, 3.63) is 108 Å². The van der Waals surface area contributed by atoms with Gasteiger partial charge in [0.15, 0.2) is 11.6 Å². The molecular weight excluding hydrogens is 704 g/mol. The third kappa shape index (κ3) is 5.22. The minimum atomic E-state index is -4.54. The van der Waals surface area contributed by atoms with Crippen molar-refractivity contribution in [1.82, 2.24) is 15.0 Å². The van der Waals surface area contributed by atoms with Gasteiger partial charge in [0.2, 0.25) is 0 Å². The fraction of sp³-hybridized carbons (Fsp3) is 0.425. The van der Waals surface area contributed by atoms with Crippen LogP contribution in [0.25, 0.3) is 0 Å². The highest BCUT2D eigenvalue weighted by molar-refractivity contribution is 7.12. The topological polar surface area (TPSA) is 96.9 Å². The number of benzene rings is 1. The lowest BCUT2D eigenvalue weighted by Gasteiger charge is -2.45. The number of halogens is 3. The van der Waals surface area contributed by atoms with Gasteiger partial charge in [-0.2, -0.15) is 13.2 Å². The van der Waals surface area contributed by atoms with Crippen molar-refractivity contribution >= 4 is 45.9 Å².